The van der Waals surface area contributed by atoms with Crippen molar-refractivity contribution in [2.75, 3.05) is 26.3 Å². The van der Waals surface area contributed by atoms with E-state index in [0.717, 1.165) is 18.5 Å². The fraction of sp³-hybridized carbons (Fsp3) is 0.571. The molecule has 0 aromatic heterocycles. The van der Waals surface area contributed by atoms with Gasteiger partial charge in [0.2, 0.25) is 0 Å². The van der Waals surface area contributed by atoms with Gasteiger partial charge >= 0.3 is 0 Å². The Hall–Kier alpha value is -0.320. The topological polar surface area (TPSA) is 30.5 Å². The lowest BCUT2D eigenvalue weighted by atomic mass is 10.1. The Morgan fingerprint density at radius 2 is 1.84 bits per heavy atom. The predicted molar refractivity (Wildman–Crippen MR) is 80.1 cm³/mol. The van der Waals surface area contributed by atoms with Crippen LogP contribution >= 0.6 is 23.2 Å². The van der Waals surface area contributed by atoms with Crippen molar-refractivity contribution in [2.45, 2.75) is 26.6 Å². The summed E-state index contributed by atoms with van der Waals surface area (Å²) in [6, 6.07) is 5.57. The van der Waals surface area contributed by atoms with Crippen LogP contribution in [0.2, 0.25) is 10.0 Å². The van der Waals surface area contributed by atoms with E-state index in [1.807, 2.05) is 26.0 Å². The van der Waals surface area contributed by atoms with Crippen LogP contribution in [0.5, 0.6) is 0 Å². The van der Waals surface area contributed by atoms with Crippen LogP contribution in [-0.4, -0.2) is 32.6 Å². The Kier molecular flexibility index (Phi) is 8.42. The molecule has 1 rings (SSSR count). The van der Waals surface area contributed by atoms with Gasteiger partial charge in [0.1, 0.15) is 0 Å². The van der Waals surface area contributed by atoms with Crippen LogP contribution in [-0.2, 0) is 15.9 Å². The molecule has 3 nitrogen and oxygen atoms in total. The second-order valence-corrected chi connectivity index (χ2v) is 4.87. The zero-order valence-electron chi connectivity index (χ0n) is 11.4. The van der Waals surface area contributed by atoms with Gasteiger partial charge in [-0.05, 0) is 44.5 Å². The van der Waals surface area contributed by atoms with Crippen molar-refractivity contribution in [3.05, 3.63) is 33.8 Å². The first-order valence-electron chi connectivity index (χ1n) is 6.55. The maximum absolute atomic E-state index is 6.11. The first kappa shape index (κ1) is 16.7. The van der Waals surface area contributed by atoms with Crippen molar-refractivity contribution in [3.63, 3.8) is 0 Å². The quantitative estimate of drug-likeness (QED) is 0.559. The summed E-state index contributed by atoms with van der Waals surface area (Å²) in [6.07, 6.45) is 0.664. The Morgan fingerprint density at radius 1 is 1.16 bits per heavy atom. The molecule has 0 saturated carbocycles. The Labute approximate surface area is 125 Å². The van der Waals surface area contributed by atoms with E-state index in [2.05, 4.69) is 5.32 Å². The van der Waals surface area contributed by atoms with E-state index in [0.29, 0.717) is 29.8 Å². The van der Waals surface area contributed by atoms with E-state index < -0.39 is 0 Å². The normalized spacial score (nSPS) is 11.2. The molecule has 0 aliphatic carbocycles. The molecule has 1 N–H and O–H groups in total. The molecule has 0 atom stereocenters. The number of benzene rings is 1. The van der Waals surface area contributed by atoms with Crippen molar-refractivity contribution in [1.29, 1.82) is 0 Å². The molecule has 0 heterocycles. The van der Waals surface area contributed by atoms with Crippen LogP contribution in [0.3, 0.4) is 0 Å². The molecular formula is C14H21Cl2NO2. The summed E-state index contributed by atoms with van der Waals surface area (Å²) in [5.41, 5.74) is 1.09. The summed E-state index contributed by atoms with van der Waals surface area (Å²) in [7, 11) is 0. The highest BCUT2D eigenvalue weighted by molar-refractivity contribution is 6.35. The average molecular weight is 306 g/mol. The van der Waals surface area contributed by atoms with Crippen LogP contribution in [0.15, 0.2) is 18.2 Å². The van der Waals surface area contributed by atoms with E-state index in [4.69, 9.17) is 32.7 Å². The number of halogens is 2. The van der Waals surface area contributed by atoms with Gasteiger partial charge < -0.3 is 14.8 Å². The van der Waals surface area contributed by atoms with Gasteiger partial charge in [0.05, 0.1) is 0 Å². The summed E-state index contributed by atoms with van der Waals surface area (Å²) >= 11 is 12.0. The fourth-order valence-corrected chi connectivity index (χ4v) is 2.21. The molecule has 0 spiro atoms. The second-order valence-electron chi connectivity index (χ2n) is 4.03. The van der Waals surface area contributed by atoms with Gasteiger partial charge in [-0.25, -0.2) is 0 Å². The largest absolute Gasteiger partial charge is 0.352 e. The fourth-order valence-electron chi connectivity index (χ4n) is 1.71. The van der Waals surface area contributed by atoms with Gasteiger partial charge in [0, 0.05) is 29.8 Å². The third-order valence-electron chi connectivity index (χ3n) is 2.60. The van der Waals surface area contributed by atoms with Gasteiger partial charge in [0.25, 0.3) is 0 Å². The summed E-state index contributed by atoms with van der Waals surface area (Å²) in [6.45, 7) is 6.70. The smallest absolute Gasteiger partial charge is 0.169 e. The van der Waals surface area contributed by atoms with E-state index >= 15 is 0 Å². The Bertz CT molecular complexity index is 368. The van der Waals surface area contributed by atoms with Gasteiger partial charge in [0.15, 0.2) is 6.29 Å². The van der Waals surface area contributed by atoms with Crippen molar-refractivity contribution in [2.24, 2.45) is 0 Å². The Morgan fingerprint density at radius 3 is 2.42 bits per heavy atom. The second kappa shape index (κ2) is 9.56. The summed E-state index contributed by atoms with van der Waals surface area (Å²) < 4.78 is 10.9. The summed E-state index contributed by atoms with van der Waals surface area (Å²) in [5, 5.41) is 4.67. The molecule has 19 heavy (non-hydrogen) atoms. The molecule has 1 aromatic rings. The van der Waals surface area contributed by atoms with Crippen LogP contribution < -0.4 is 5.32 Å². The molecule has 0 amide bonds. The van der Waals surface area contributed by atoms with E-state index in [-0.39, 0.29) is 6.29 Å². The van der Waals surface area contributed by atoms with Crippen LogP contribution in [0.25, 0.3) is 0 Å². The first-order chi connectivity index (χ1) is 9.17. The molecule has 5 heteroatoms. The number of hydrogen-bond donors (Lipinski definition) is 1. The lowest BCUT2D eigenvalue weighted by Gasteiger charge is -2.17. The third-order valence-corrected chi connectivity index (χ3v) is 3.19. The van der Waals surface area contributed by atoms with Gasteiger partial charge in [-0.3, -0.25) is 0 Å². The molecule has 0 unspecified atom stereocenters. The van der Waals surface area contributed by atoms with Crippen molar-refractivity contribution in [1.82, 2.24) is 5.32 Å². The number of ether oxygens (including phenoxy) is 2. The molecule has 0 aliphatic heterocycles. The third kappa shape index (κ3) is 6.59. The highest BCUT2D eigenvalue weighted by Crippen LogP contribution is 2.20. The number of rotatable bonds is 9. The lowest BCUT2D eigenvalue weighted by molar-refractivity contribution is -0.132. The zero-order valence-corrected chi connectivity index (χ0v) is 12.9. The highest BCUT2D eigenvalue weighted by atomic mass is 35.5. The van der Waals surface area contributed by atoms with Crippen LogP contribution in [0, 0.1) is 0 Å². The zero-order chi connectivity index (χ0) is 14.1. The van der Waals surface area contributed by atoms with Crippen molar-refractivity contribution in [3.8, 4) is 0 Å². The number of hydrogen-bond acceptors (Lipinski definition) is 3. The molecule has 0 saturated heterocycles. The Balaban J connectivity index is 2.29. The van der Waals surface area contributed by atoms with Gasteiger partial charge in [-0.15, -0.1) is 0 Å². The molecule has 1 aromatic carbocycles. The monoisotopic (exact) mass is 305 g/mol. The average Bonchev–Trinajstić information content (AvgIpc) is 2.37. The van der Waals surface area contributed by atoms with E-state index in [1.165, 1.54) is 0 Å². The van der Waals surface area contributed by atoms with Gasteiger partial charge in [-0.1, -0.05) is 29.3 Å². The van der Waals surface area contributed by atoms with Crippen molar-refractivity contribution >= 4 is 23.2 Å². The minimum atomic E-state index is -0.185. The minimum absolute atomic E-state index is 0.185. The summed E-state index contributed by atoms with van der Waals surface area (Å²) in [5.74, 6) is 0. The van der Waals surface area contributed by atoms with Crippen LogP contribution in [0.4, 0.5) is 0 Å². The van der Waals surface area contributed by atoms with Gasteiger partial charge in [-0.2, -0.15) is 0 Å². The number of nitrogens with one attached hydrogen (secondary N) is 1. The van der Waals surface area contributed by atoms with E-state index in [9.17, 15) is 0 Å². The maximum atomic E-state index is 6.11. The SMILES string of the molecule is CCOC(CNCCc1ccc(Cl)cc1Cl)OCC. The first-order valence-corrected chi connectivity index (χ1v) is 7.30. The van der Waals surface area contributed by atoms with Crippen LogP contribution in [0.1, 0.15) is 19.4 Å². The minimum Gasteiger partial charge on any atom is -0.352 e. The van der Waals surface area contributed by atoms with Crippen molar-refractivity contribution < 1.29 is 9.47 Å². The molecule has 0 bridgehead atoms. The molecular weight excluding hydrogens is 285 g/mol. The molecule has 0 aliphatic rings. The summed E-state index contributed by atoms with van der Waals surface area (Å²) in [4.78, 5) is 0. The maximum Gasteiger partial charge on any atom is 0.169 e. The molecule has 0 fully saturated rings. The molecule has 108 valence electrons. The lowest BCUT2D eigenvalue weighted by Crippen LogP contribution is -2.32. The van der Waals surface area contributed by atoms with E-state index in [1.54, 1.807) is 6.07 Å². The predicted octanol–water partition coefficient (Wildman–Crippen LogP) is 3.52. The molecule has 0 radical (unpaired) electrons. The standard InChI is InChI=1S/C14H21Cl2NO2/c1-3-18-14(19-4-2)10-17-8-7-11-5-6-12(15)9-13(11)16/h5-6,9,14,17H,3-4,7-8,10H2,1-2H3. The highest BCUT2D eigenvalue weighted by Gasteiger charge is 2.07.